The van der Waals surface area contributed by atoms with Gasteiger partial charge in [0.2, 0.25) is 0 Å². The molecule has 0 aliphatic carbocycles. The highest BCUT2D eigenvalue weighted by Crippen LogP contribution is 2.30. The number of nitrogens with two attached hydrogens (primary N) is 1. The third kappa shape index (κ3) is 5.10. The smallest absolute Gasteiger partial charge is 0.324 e. The molecule has 2 amide bonds. The van der Waals surface area contributed by atoms with Crippen LogP contribution in [0, 0.1) is 0 Å². The second kappa shape index (κ2) is 8.87. The Morgan fingerprint density at radius 2 is 1.81 bits per heavy atom. The van der Waals surface area contributed by atoms with Crippen LogP contribution in [0.5, 0.6) is 0 Å². The van der Waals surface area contributed by atoms with Crippen molar-refractivity contribution < 1.29 is 10.0 Å². The van der Waals surface area contributed by atoms with E-state index >= 15 is 0 Å². The number of hydrogen-bond donors (Lipinski definition) is 4. The summed E-state index contributed by atoms with van der Waals surface area (Å²) in [5, 5.41) is 22.6. The van der Waals surface area contributed by atoms with Crippen molar-refractivity contribution >= 4 is 46.6 Å². The fourth-order valence-corrected chi connectivity index (χ4v) is 3.08. The van der Waals surface area contributed by atoms with Gasteiger partial charge in [0.25, 0.3) is 0 Å². The standard InChI is InChI=1S/C21H22Cl2N6O2/c1-21(2,3)16-11-17(26-20(30)25-15-6-4-5-14(22)18(15)23)29(27-16)13-9-7-12(8-10-13)19(24)28-31/h4-11,31H,1-3H3,(H2,24,28)(H2,25,26,30). The highest BCUT2D eigenvalue weighted by atomic mass is 35.5. The van der Waals surface area contributed by atoms with E-state index in [9.17, 15) is 4.79 Å². The van der Waals surface area contributed by atoms with Crippen molar-refractivity contribution in [2.75, 3.05) is 10.6 Å². The van der Waals surface area contributed by atoms with Crippen LogP contribution in [-0.4, -0.2) is 26.9 Å². The lowest BCUT2D eigenvalue weighted by Crippen LogP contribution is -2.21. The summed E-state index contributed by atoms with van der Waals surface area (Å²) >= 11 is 12.2. The van der Waals surface area contributed by atoms with Crippen LogP contribution >= 0.6 is 23.2 Å². The number of amidine groups is 1. The third-order valence-electron chi connectivity index (χ3n) is 4.43. The van der Waals surface area contributed by atoms with E-state index in [0.29, 0.717) is 27.8 Å². The van der Waals surface area contributed by atoms with Gasteiger partial charge < -0.3 is 16.3 Å². The predicted molar refractivity (Wildman–Crippen MR) is 124 cm³/mol. The Hall–Kier alpha value is -3.23. The number of carbonyl (C=O) groups excluding carboxylic acids is 1. The van der Waals surface area contributed by atoms with E-state index in [1.807, 2.05) is 20.8 Å². The largest absolute Gasteiger partial charge is 0.409 e. The average Bonchev–Trinajstić information content (AvgIpc) is 3.15. The molecule has 1 aromatic heterocycles. The van der Waals surface area contributed by atoms with Gasteiger partial charge >= 0.3 is 6.03 Å². The maximum absolute atomic E-state index is 12.6. The van der Waals surface area contributed by atoms with Crippen molar-refractivity contribution in [3.8, 4) is 5.69 Å². The van der Waals surface area contributed by atoms with Crippen LogP contribution in [0.2, 0.25) is 10.0 Å². The topological polar surface area (TPSA) is 118 Å². The molecule has 0 saturated carbocycles. The van der Waals surface area contributed by atoms with Gasteiger partial charge in [-0.05, 0) is 36.4 Å². The van der Waals surface area contributed by atoms with Gasteiger partial charge in [-0.1, -0.05) is 55.2 Å². The van der Waals surface area contributed by atoms with E-state index in [0.717, 1.165) is 5.69 Å². The molecule has 0 fully saturated rings. The third-order valence-corrected chi connectivity index (χ3v) is 5.25. The molecule has 3 aromatic rings. The Bertz CT molecular complexity index is 1130. The number of oxime groups is 1. The molecule has 0 atom stereocenters. The lowest BCUT2D eigenvalue weighted by atomic mass is 9.92. The maximum Gasteiger partial charge on any atom is 0.324 e. The summed E-state index contributed by atoms with van der Waals surface area (Å²) in [4.78, 5) is 12.6. The molecule has 0 bridgehead atoms. The lowest BCUT2D eigenvalue weighted by Gasteiger charge is -2.14. The molecule has 8 nitrogen and oxygen atoms in total. The summed E-state index contributed by atoms with van der Waals surface area (Å²) in [5.74, 6) is 0.454. The molecular formula is C21H22Cl2N6O2. The van der Waals surface area contributed by atoms with Crippen LogP contribution in [0.15, 0.2) is 53.7 Å². The van der Waals surface area contributed by atoms with E-state index in [2.05, 4.69) is 20.9 Å². The first-order valence-electron chi connectivity index (χ1n) is 9.31. The zero-order valence-corrected chi connectivity index (χ0v) is 18.7. The van der Waals surface area contributed by atoms with E-state index in [1.54, 1.807) is 53.2 Å². The van der Waals surface area contributed by atoms with Crippen LogP contribution in [-0.2, 0) is 5.41 Å². The molecule has 31 heavy (non-hydrogen) atoms. The summed E-state index contributed by atoms with van der Waals surface area (Å²) in [6.45, 7) is 6.07. The van der Waals surface area contributed by atoms with Crippen LogP contribution in [0.1, 0.15) is 32.0 Å². The predicted octanol–water partition coefficient (Wildman–Crippen LogP) is 5.22. The Morgan fingerprint density at radius 3 is 2.42 bits per heavy atom. The second-order valence-corrected chi connectivity index (χ2v) is 8.57. The van der Waals surface area contributed by atoms with Gasteiger partial charge in [0, 0.05) is 17.0 Å². The molecule has 5 N–H and O–H groups in total. The monoisotopic (exact) mass is 460 g/mol. The maximum atomic E-state index is 12.6. The van der Waals surface area contributed by atoms with Crippen molar-refractivity contribution in [2.24, 2.45) is 10.9 Å². The van der Waals surface area contributed by atoms with E-state index in [1.165, 1.54) is 0 Å². The average molecular weight is 461 g/mol. The summed E-state index contributed by atoms with van der Waals surface area (Å²) in [5.41, 5.74) is 7.78. The molecule has 0 aliphatic heterocycles. The first kappa shape index (κ1) is 22.5. The van der Waals surface area contributed by atoms with Crippen LogP contribution in [0.4, 0.5) is 16.3 Å². The van der Waals surface area contributed by atoms with Crippen LogP contribution in [0.25, 0.3) is 5.69 Å². The molecule has 0 unspecified atom stereocenters. The molecule has 1 heterocycles. The molecule has 0 aliphatic rings. The number of benzene rings is 2. The minimum Gasteiger partial charge on any atom is -0.409 e. The zero-order chi connectivity index (χ0) is 22.8. The minimum atomic E-state index is -0.501. The molecular weight excluding hydrogens is 439 g/mol. The number of aromatic nitrogens is 2. The van der Waals surface area contributed by atoms with Gasteiger partial charge in [-0.15, -0.1) is 0 Å². The minimum absolute atomic E-state index is 0.00137. The number of urea groups is 1. The molecule has 0 saturated heterocycles. The Kier molecular flexibility index (Phi) is 6.42. The fraction of sp³-hybridized carbons (Fsp3) is 0.190. The van der Waals surface area contributed by atoms with Crippen LogP contribution < -0.4 is 16.4 Å². The zero-order valence-electron chi connectivity index (χ0n) is 17.1. The molecule has 3 rings (SSSR count). The van der Waals surface area contributed by atoms with Gasteiger partial charge in [0.05, 0.1) is 27.1 Å². The Labute approximate surface area is 189 Å². The van der Waals surface area contributed by atoms with Gasteiger partial charge in [-0.25, -0.2) is 9.48 Å². The first-order valence-corrected chi connectivity index (χ1v) is 10.1. The quantitative estimate of drug-likeness (QED) is 0.185. The number of nitrogens with one attached hydrogen (secondary N) is 2. The summed E-state index contributed by atoms with van der Waals surface area (Å²) < 4.78 is 1.61. The van der Waals surface area contributed by atoms with Crippen molar-refractivity contribution in [1.29, 1.82) is 0 Å². The molecule has 0 radical (unpaired) electrons. The number of amides is 2. The van der Waals surface area contributed by atoms with Gasteiger partial charge in [0.1, 0.15) is 5.82 Å². The van der Waals surface area contributed by atoms with Gasteiger partial charge in [-0.3, -0.25) is 5.32 Å². The highest BCUT2D eigenvalue weighted by molar-refractivity contribution is 6.44. The van der Waals surface area contributed by atoms with Crippen molar-refractivity contribution in [2.45, 2.75) is 26.2 Å². The van der Waals surface area contributed by atoms with E-state index < -0.39 is 6.03 Å². The lowest BCUT2D eigenvalue weighted by molar-refractivity contribution is 0.262. The molecule has 0 spiro atoms. The van der Waals surface area contributed by atoms with Gasteiger partial charge in [-0.2, -0.15) is 5.10 Å². The molecule has 10 heteroatoms. The number of carbonyl (C=O) groups is 1. The summed E-state index contributed by atoms with van der Waals surface area (Å²) in [7, 11) is 0. The molecule has 162 valence electrons. The summed E-state index contributed by atoms with van der Waals surface area (Å²) in [6.07, 6.45) is 0. The Morgan fingerprint density at radius 1 is 1.13 bits per heavy atom. The SMILES string of the molecule is CC(C)(C)c1cc(NC(=O)Nc2cccc(Cl)c2Cl)n(-c2ccc(/C(N)=N/O)cc2)n1. The summed E-state index contributed by atoms with van der Waals surface area (Å²) in [6, 6.07) is 13.2. The number of halogens is 2. The second-order valence-electron chi connectivity index (χ2n) is 7.79. The normalized spacial score (nSPS) is 12.0. The molecule has 2 aromatic carbocycles. The first-order chi connectivity index (χ1) is 14.6. The highest BCUT2D eigenvalue weighted by Gasteiger charge is 2.22. The number of hydrogen-bond acceptors (Lipinski definition) is 4. The van der Waals surface area contributed by atoms with E-state index in [-0.39, 0.29) is 16.3 Å². The van der Waals surface area contributed by atoms with Crippen molar-refractivity contribution in [1.82, 2.24) is 9.78 Å². The number of anilines is 2. The van der Waals surface area contributed by atoms with Crippen molar-refractivity contribution in [3.63, 3.8) is 0 Å². The van der Waals surface area contributed by atoms with E-state index in [4.69, 9.17) is 34.1 Å². The number of nitrogens with zero attached hydrogens (tertiary/aromatic N) is 3. The number of rotatable bonds is 4. The van der Waals surface area contributed by atoms with Gasteiger partial charge in [0.15, 0.2) is 5.84 Å². The fourth-order valence-electron chi connectivity index (χ4n) is 2.73. The van der Waals surface area contributed by atoms with Crippen molar-refractivity contribution in [3.05, 3.63) is 69.8 Å². The van der Waals surface area contributed by atoms with Crippen LogP contribution in [0.3, 0.4) is 0 Å². The Balaban J connectivity index is 1.93.